The summed E-state index contributed by atoms with van der Waals surface area (Å²) in [5, 5.41) is 0. The number of aromatic nitrogens is 4. The van der Waals surface area contributed by atoms with Gasteiger partial charge in [0, 0.05) is 0 Å². The number of aryl methyl sites for hydroxylation is 2. The van der Waals surface area contributed by atoms with Crippen LogP contribution in [-0.4, -0.2) is 22.3 Å². The monoisotopic (exact) mass is 322 g/mol. The van der Waals surface area contributed by atoms with Gasteiger partial charge in [-0.3, -0.25) is 0 Å². The fraction of sp³-hybridized carbons (Fsp3) is 0.647. The molecule has 0 spiro atoms. The molecule has 2 heterocycles. The largest absolute Gasteiger partial charge is 0.342 e. The van der Waals surface area contributed by atoms with Gasteiger partial charge < -0.3 is 9.47 Å². The third-order valence-corrected chi connectivity index (χ3v) is 3.51. The predicted octanol–water partition coefficient (Wildman–Crippen LogP) is 1.72. The van der Waals surface area contributed by atoms with Gasteiger partial charge in [-0.2, -0.15) is 0 Å². The first-order valence-corrected chi connectivity index (χ1v) is 8.57. The predicted molar refractivity (Wildman–Crippen MR) is 86.4 cm³/mol. The molecule has 0 saturated heterocycles. The second-order valence-electron chi connectivity index (χ2n) is 5.76. The van der Waals surface area contributed by atoms with E-state index in [0.29, 0.717) is 26.7 Å². The van der Waals surface area contributed by atoms with Crippen molar-refractivity contribution in [3.05, 3.63) is 37.4 Å². The van der Waals surface area contributed by atoms with Crippen molar-refractivity contribution in [3.63, 3.8) is 0 Å². The highest BCUT2D eigenvalue weighted by atomic mass is 16.5. The van der Waals surface area contributed by atoms with E-state index in [1.54, 1.807) is 0 Å². The molecule has 23 heavy (non-hydrogen) atoms. The first-order chi connectivity index (χ1) is 11.3. The van der Waals surface area contributed by atoms with Crippen LogP contribution in [0, 0.1) is 0 Å². The maximum absolute atomic E-state index is 5.66. The van der Waals surface area contributed by atoms with Gasteiger partial charge in [0.15, 0.2) is 13.5 Å². The molecule has 0 N–H and O–H groups in total. The fourth-order valence-electron chi connectivity index (χ4n) is 2.41. The first kappa shape index (κ1) is 17.7. The Morgan fingerprint density at radius 2 is 1.26 bits per heavy atom. The molecular weight excluding hydrogens is 292 g/mol. The van der Waals surface area contributed by atoms with Gasteiger partial charge in [0.1, 0.15) is 24.8 Å². The summed E-state index contributed by atoms with van der Waals surface area (Å²) in [5.74, 6) is 0. The van der Waals surface area contributed by atoms with Crippen LogP contribution in [0.4, 0.5) is 0 Å². The number of rotatable bonds is 12. The Morgan fingerprint density at radius 3 is 1.70 bits per heavy atom. The molecule has 0 aromatic carbocycles. The molecule has 128 valence electrons. The molecule has 0 radical (unpaired) electrons. The summed E-state index contributed by atoms with van der Waals surface area (Å²) in [6, 6.07) is 0. The fourth-order valence-corrected chi connectivity index (χ4v) is 2.41. The van der Waals surface area contributed by atoms with Gasteiger partial charge in [-0.1, -0.05) is 13.8 Å². The number of imidazole rings is 2. The van der Waals surface area contributed by atoms with Crippen LogP contribution in [0.15, 0.2) is 37.4 Å². The number of ether oxygens (including phenoxy) is 2. The second-order valence-corrected chi connectivity index (χ2v) is 5.76. The maximum Gasteiger partial charge on any atom is 0.245 e. The van der Waals surface area contributed by atoms with Crippen molar-refractivity contribution in [3.8, 4) is 0 Å². The summed E-state index contributed by atoms with van der Waals surface area (Å²) in [5.41, 5.74) is 0. The lowest BCUT2D eigenvalue weighted by Crippen LogP contribution is -2.33. The molecule has 0 bridgehead atoms. The molecule has 0 saturated carbocycles. The van der Waals surface area contributed by atoms with Crippen molar-refractivity contribution < 1.29 is 18.6 Å². The van der Waals surface area contributed by atoms with E-state index in [0.717, 1.165) is 32.4 Å². The molecule has 0 aliphatic carbocycles. The van der Waals surface area contributed by atoms with Crippen LogP contribution in [0.25, 0.3) is 0 Å². The van der Waals surface area contributed by atoms with Crippen LogP contribution in [0.3, 0.4) is 0 Å². The molecule has 0 amide bonds. The van der Waals surface area contributed by atoms with Gasteiger partial charge in [-0.25, -0.2) is 18.3 Å². The van der Waals surface area contributed by atoms with E-state index in [2.05, 4.69) is 57.2 Å². The van der Waals surface area contributed by atoms with Crippen molar-refractivity contribution in [1.29, 1.82) is 0 Å². The molecule has 2 rings (SSSR count). The van der Waals surface area contributed by atoms with Crippen LogP contribution < -0.4 is 9.13 Å². The number of hydrogen-bond acceptors (Lipinski definition) is 2. The lowest BCUT2D eigenvalue weighted by molar-refractivity contribution is -0.733. The Bertz CT molecular complexity index is 502. The maximum atomic E-state index is 5.66. The topological polar surface area (TPSA) is 36.1 Å². The van der Waals surface area contributed by atoms with Gasteiger partial charge >= 0.3 is 0 Å². The molecule has 6 heteroatoms. The Hall–Kier alpha value is -1.66. The average molecular weight is 322 g/mol. The Labute approximate surface area is 138 Å². The van der Waals surface area contributed by atoms with Gasteiger partial charge in [0.05, 0.1) is 26.3 Å². The van der Waals surface area contributed by atoms with E-state index in [1.807, 2.05) is 12.4 Å². The minimum absolute atomic E-state index is 0.603. The minimum Gasteiger partial charge on any atom is -0.342 e. The van der Waals surface area contributed by atoms with Crippen LogP contribution in [0.5, 0.6) is 0 Å². The van der Waals surface area contributed by atoms with E-state index >= 15 is 0 Å². The van der Waals surface area contributed by atoms with E-state index in [4.69, 9.17) is 9.47 Å². The molecule has 2 aromatic heterocycles. The molecular formula is C17H30N4O2+2. The summed E-state index contributed by atoms with van der Waals surface area (Å²) in [4.78, 5) is 0. The van der Waals surface area contributed by atoms with Crippen molar-refractivity contribution in [1.82, 2.24) is 9.13 Å². The number of nitrogens with zero attached hydrogens (tertiary/aromatic N) is 4. The van der Waals surface area contributed by atoms with Crippen LogP contribution in [0.1, 0.15) is 33.1 Å². The molecule has 6 nitrogen and oxygen atoms in total. The molecule has 0 unspecified atom stereocenters. The summed E-state index contributed by atoms with van der Waals surface area (Å²) < 4.78 is 19.8. The smallest absolute Gasteiger partial charge is 0.245 e. The second kappa shape index (κ2) is 10.2. The zero-order valence-electron chi connectivity index (χ0n) is 14.4. The van der Waals surface area contributed by atoms with Crippen molar-refractivity contribution >= 4 is 0 Å². The third kappa shape index (κ3) is 6.54. The SMILES string of the molecule is CCCn1cc[n+](COCCCOC[n+]2ccn(CCC)c2)c1. The van der Waals surface area contributed by atoms with Crippen molar-refractivity contribution in [2.75, 3.05) is 13.2 Å². The van der Waals surface area contributed by atoms with Gasteiger partial charge in [-0.05, 0) is 19.3 Å². The lowest BCUT2D eigenvalue weighted by atomic mass is 10.5. The zero-order chi connectivity index (χ0) is 16.3. The van der Waals surface area contributed by atoms with Gasteiger partial charge in [0.2, 0.25) is 12.7 Å². The van der Waals surface area contributed by atoms with Crippen molar-refractivity contribution in [2.45, 2.75) is 59.7 Å². The minimum atomic E-state index is 0.603. The van der Waals surface area contributed by atoms with Crippen LogP contribution in [0.2, 0.25) is 0 Å². The van der Waals surface area contributed by atoms with Gasteiger partial charge in [-0.15, -0.1) is 0 Å². The Kier molecular flexibility index (Phi) is 7.83. The van der Waals surface area contributed by atoms with E-state index < -0.39 is 0 Å². The average Bonchev–Trinajstić information content (AvgIpc) is 3.17. The first-order valence-electron chi connectivity index (χ1n) is 8.57. The highest BCUT2D eigenvalue weighted by Crippen LogP contribution is 1.91. The summed E-state index contributed by atoms with van der Waals surface area (Å²) in [6.45, 7) is 9.10. The third-order valence-electron chi connectivity index (χ3n) is 3.51. The van der Waals surface area contributed by atoms with Crippen LogP contribution >= 0.6 is 0 Å². The van der Waals surface area contributed by atoms with E-state index in [1.165, 1.54) is 0 Å². The van der Waals surface area contributed by atoms with E-state index in [-0.39, 0.29) is 0 Å². The van der Waals surface area contributed by atoms with Gasteiger partial charge in [0.25, 0.3) is 0 Å². The molecule has 0 aliphatic rings. The number of hydrogen-bond donors (Lipinski definition) is 0. The van der Waals surface area contributed by atoms with Crippen molar-refractivity contribution in [2.24, 2.45) is 0 Å². The summed E-state index contributed by atoms with van der Waals surface area (Å²) in [7, 11) is 0. The van der Waals surface area contributed by atoms with E-state index in [9.17, 15) is 0 Å². The zero-order valence-corrected chi connectivity index (χ0v) is 14.4. The standard InChI is InChI=1S/C17H30N4O2/c1-3-6-18-8-10-20(14-18)16-22-12-5-13-23-17-21-11-9-19(15-21)7-4-2/h8-11,14-15H,3-7,12-13,16-17H2,1-2H3/q+2. The molecule has 0 fully saturated rings. The quantitative estimate of drug-likeness (QED) is 0.441. The highest BCUT2D eigenvalue weighted by molar-refractivity contribution is 4.65. The van der Waals surface area contributed by atoms with Crippen LogP contribution in [-0.2, 0) is 36.0 Å². The summed E-state index contributed by atoms with van der Waals surface area (Å²) >= 11 is 0. The Balaban J connectivity index is 1.50. The summed E-state index contributed by atoms with van der Waals surface area (Å²) in [6.07, 6.45) is 15.6. The highest BCUT2D eigenvalue weighted by Gasteiger charge is 2.03. The lowest BCUT2D eigenvalue weighted by Gasteiger charge is -2.02. The normalized spacial score (nSPS) is 11.2. The Morgan fingerprint density at radius 1 is 0.783 bits per heavy atom. The molecule has 0 aliphatic heterocycles. The molecule has 2 aromatic rings. The molecule has 0 atom stereocenters.